The number of carbonyl (C=O) groups is 2. The lowest BCUT2D eigenvalue weighted by Crippen LogP contribution is -2.05. The zero-order chi connectivity index (χ0) is 12.3. The Hall–Kier alpha value is -0.400. The zero-order valence-electron chi connectivity index (χ0n) is 8.11. The molecule has 1 rings (SSSR count). The summed E-state index contributed by atoms with van der Waals surface area (Å²) in [5, 5.41) is 5.18. The van der Waals surface area contributed by atoms with Crippen LogP contribution in [0, 0.1) is 6.92 Å². The second kappa shape index (κ2) is 5.79. The smallest absolute Gasteiger partial charge is 0.291 e. The number of nitrogens with one attached hydrogen (secondary N) is 2. The number of carbonyl (C=O) groups excluding carboxylic acids is 2. The third-order valence-electron chi connectivity index (χ3n) is 1.82. The average molecular weight is 415 g/mol. The highest BCUT2D eigenvalue weighted by molar-refractivity contribution is 9.18. The Morgan fingerprint density at radius 2 is 1.69 bits per heavy atom. The minimum Gasteiger partial charge on any atom is -0.316 e. The predicted octanol–water partition coefficient (Wildman–Crippen LogP) is 4.61. The van der Waals surface area contributed by atoms with Crippen molar-refractivity contribution in [2.75, 3.05) is 10.6 Å². The van der Waals surface area contributed by atoms with Crippen LogP contribution in [0.3, 0.4) is 0 Å². The van der Waals surface area contributed by atoms with E-state index in [1.54, 1.807) is 12.1 Å². The molecule has 1 aromatic carbocycles. The summed E-state index contributed by atoms with van der Waals surface area (Å²) in [5.74, 6) is 0. The molecule has 2 N–H and O–H groups in total. The van der Waals surface area contributed by atoms with Crippen LogP contribution >= 0.6 is 47.8 Å². The lowest BCUT2D eigenvalue weighted by molar-refractivity contribution is 0.270. The molecule has 0 unspecified atom stereocenters. The number of benzene rings is 1. The Kier molecular flexibility index (Phi) is 4.94. The van der Waals surface area contributed by atoms with Crippen LogP contribution in [0.5, 0.6) is 0 Å². The van der Waals surface area contributed by atoms with E-state index in [0.29, 0.717) is 11.4 Å². The minimum atomic E-state index is -0.348. The van der Waals surface area contributed by atoms with Gasteiger partial charge in [0.1, 0.15) is 0 Å². The molecular formula is C9H7Br3N2O2. The molecular weight excluding hydrogens is 408 g/mol. The number of hydrogen-bond donors (Lipinski definition) is 2. The Balaban J connectivity index is 3.11. The fourth-order valence-corrected chi connectivity index (χ4v) is 2.00. The molecule has 0 saturated heterocycles. The Bertz CT molecular complexity index is 449. The minimum absolute atomic E-state index is 0.343. The molecule has 0 aliphatic rings. The first-order valence-electron chi connectivity index (χ1n) is 4.13. The molecule has 86 valence electrons. The first-order chi connectivity index (χ1) is 7.40. The monoisotopic (exact) mass is 412 g/mol. The van der Waals surface area contributed by atoms with Gasteiger partial charge >= 0.3 is 0 Å². The van der Waals surface area contributed by atoms with E-state index in [4.69, 9.17) is 0 Å². The number of anilines is 2. The normalized spacial score (nSPS) is 9.75. The van der Waals surface area contributed by atoms with Crippen LogP contribution in [0.15, 0.2) is 16.6 Å². The topological polar surface area (TPSA) is 58.2 Å². The van der Waals surface area contributed by atoms with E-state index < -0.39 is 0 Å². The van der Waals surface area contributed by atoms with Gasteiger partial charge in [-0.2, -0.15) is 0 Å². The molecule has 0 heterocycles. The van der Waals surface area contributed by atoms with Gasteiger partial charge in [-0.05, 0) is 24.6 Å². The molecule has 2 amide bonds. The van der Waals surface area contributed by atoms with Crippen molar-refractivity contribution in [1.82, 2.24) is 0 Å². The van der Waals surface area contributed by atoms with Gasteiger partial charge in [-0.15, -0.1) is 0 Å². The van der Waals surface area contributed by atoms with Gasteiger partial charge in [0.15, 0.2) is 0 Å². The second-order valence-corrected chi connectivity index (χ2v) is 5.22. The Morgan fingerprint density at radius 3 is 2.19 bits per heavy atom. The van der Waals surface area contributed by atoms with E-state index in [1.165, 1.54) is 0 Å². The number of halogens is 3. The fraction of sp³-hybridized carbons (Fsp3) is 0.111. The van der Waals surface area contributed by atoms with Gasteiger partial charge < -0.3 is 10.6 Å². The fourth-order valence-electron chi connectivity index (χ4n) is 1.10. The van der Waals surface area contributed by atoms with Crippen molar-refractivity contribution in [3.63, 3.8) is 0 Å². The van der Waals surface area contributed by atoms with Gasteiger partial charge in [0.05, 0.1) is 0 Å². The van der Waals surface area contributed by atoms with Crippen molar-refractivity contribution in [1.29, 1.82) is 0 Å². The number of hydrogen-bond acceptors (Lipinski definition) is 2. The van der Waals surface area contributed by atoms with Gasteiger partial charge in [-0.3, -0.25) is 9.59 Å². The second-order valence-electron chi connectivity index (χ2n) is 2.93. The van der Waals surface area contributed by atoms with Gasteiger partial charge in [0, 0.05) is 47.7 Å². The summed E-state index contributed by atoms with van der Waals surface area (Å²) in [5.41, 5.74) is 2.07. The van der Waals surface area contributed by atoms with Crippen molar-refractivity contribution < 1.29 is 9.59 Å². The third kappa shape index (κ3) is 3.88. The third-order valence-corrected chi connectivity index (χ3v) is 3.04. The van der Waals surface area contributed by atoms with Crippen molar-refractivity contribution in [2.24, 2.45) is 0 Å². The van der Waals surface area contributed by atoms with Crippen LogP contribution in [0.2, 0.25) is 0 Å². The van der Waals surface area contributed by atoms with Gasteiger partial charge in [-0.25, -0.2) is 0 Å². The summed E-state index contributed by atoms with van der Waals surface area (Å²) in [6.07, 6.45) is 0. The Labute approximate surface area is 118 Å². The summed E-state index contributed by atoms with van der Waals surface area (Å²) in [4.78, 5) is 21.0. The van der Waals surface area contributed by atoms with E-state index in [9.17, 15) is 9.59 Å². The molecule has 0 spiro atoms. The summed E-state index contributed by atoms with van der Waals surface area (Å²) < 4.78 is 0.794. The first kappa shape index (κ1) is 13.7. The highest BCUT2D eigenvalue weighted by Gasteiger charge is 2.08. The lowest BCUT2D eigenvalue weighted by atomic mass is 10.2. The molecule has 0 aromatic heterocycles. The van der Waals surface area contributed by atoms with Crippen LogP contribution in [0.1, 0.15) is 5.56 Å². The van der Waals surface area contributed by atoms with Crippen LogP contribution < -0.4 is 10.6 Å². The molecule has 0 radical (unpaired) electrons. The van der Waals surface area contributed by atoms with Crippen molar-refractivity contribution in [3.05, 3.63) is 22.2 Å². The molecule has 16 heavy (non-hydrogen) atoms. The van der Waals surface area contributed by atoms with Crippen molar-refractivity contribution in [2.45, 2.75) is 6.92 Å². The van der Waals surface area contributed by atoms with Crippen molar-refractivity contribution >= 4 is 68.8 Å². The predicted molar refractivity (Wildman–Crippen MR) is 74.8 cm³/mol. The average Bonchev–Trinajstić information content (AvgIpc) is 2.11. The van der Waals surface area contributed by atoms with E-state index in [-0.39, 0.29) is 9.63 Å². The maximum Gasteiger partial charge on any atom is 0.291 e. The van der Waals surface area contributed by atoms with E-state index in [2.05, 4.69) is 58.4 Å². The van der Waals surface area contributed by atoms with Crippen LogP contribution in [-0.2, 0) is 0 Å². The molecule has 0 bridgehead atoms. The molecule has 4 nitrogen and oxygen atoms in total. The van der Waals surface area contributed by atoms with Crippen molar-refractivity contribution in [3.8, 4) is 0 Å². The largest absolute Gasteiger partial charge is 0.316 e. The SMILES string of the molecule is Cc1c(Br)cc(NC(=O)Br)cc1NC(=O)Br. The molecule has 0 aliphatic carbocycles. The van der Waals surface area contributed by atoms with E-state index in [0.717, 1.165) is 10.0 Å². The molecule has 0 atom stereocenters. The van der Waals surface area contributed by atoms with Crippen LogP contribution in [-0.4, -0.2) is 9.63 Å². The maximum absolute atomic E-state index is 10.9. The van der Waals surface area contributed by atoms with Crippen LogP contribution in [0.4, 0.5) is 21.0 Å². The number of amides is 2. The summed E-state index contributed by atoms with van der Waals surface area (Å²) in [6, 6.07) is 3.41. The Morgan fingerprint density at radius 1 is 1.12 bits per heavy atom. The molecule has 0 fully saturated rings. The summed E-state index contributed by atoms with van der Waals surface area (Å²) >= 11 is 8.89. The van der Waals surface area contributed by atoms with Crippen LogP contribution in [0.25, 0.3) is 0 Å². The van der Waals surface area contributed by atoms with Gasteiger partial charge in [0.25, 0.3) is 9.63 Å². The summed E-state index contributed by atoms with van der Waals surface area (Å²) in [6.45, 7) is 1.85. The molecule has 0 saturated carbocycles. The van der Waals surface area contributed by atoms with Gasteiger partial charge in [-0.1, -0.05) is 15.9 Å². The first-order valence-corrected chi connectivity index (χ1v) is 6.51. The molecule has 0 aliphatic heterocycles. The zero-order valence-corrected chi connectivity index (χ0v) is 12.9. The summed E-state index contributed by atoms with van der Waals surface area (Å²) in [7, 11) is 0. The van der Waals surface area contributed by atoms with E-state index >= 15 is 0 Å². The van der Waals surface area contributed by atoms with E-state index in [1.807, 2.05) is 6.92 Å². The maximum atomic E-state index is 10.9. The molecule has 1 aromatic rings. The highest BCUT2D eigenvalue weighted by Crippen LogP contribution is 2.29. The number of rotatable bonds is 2. The molecule has 7 heteroatoms. The quantitative estimate of drug-likeness (QED) is 0.548. The van der Waals surface area contributed by atoms with Gasteiger partial charge in [0.2, 0.25) is 0 Å². The highest BCUT2D eigenvalue weighted by atomic mass is 79.9. The lowest BCUT2D eigenvalue weighted by Gasteiger charge is -2.10. The standard InChI is InChI=1S/C9H7Br3N2O2/c1-4-6(10)2-5(13-8(11)15)3-7(4)14-9(12)16/h2-3H,1H3,(H,13,15)(H,14,16).